The molecule has 0 amide bonds. The van der Waals surface area contributed by atoms with Crippen LogP contribution in [0.25, 0.3) is 0 Å². The van der Waals surface area contributed by atoms with Crippen molar-refractivity contribution in [2.75, 3.05) is 6.79 Å². The molecular formula is C41H56O4. The van der Waals surface area contributed by atoms with Gasteiger partial charge < -0.3 is 9.47 Å². The Labute approximate surface area is 273 Å². The SMILES string of the molecule is CC(C=CC1=C(C)CCCC1(C)C)=CC=CC(C)=CC(=O)OCOC(=O)C=C(C)C=CC=C(C)C=CC1=C(C)CCCC1(C)C. The van der Waals surface area contributed by atoms with E-state index in [1.165, 1.54) is 73.0 Å². The van der Waals surface area contributed by atoms with Crippen LogP contribution in [0.2, 0.25) is 0 Å². The third-order valence-corrected chi connectivity index (χ3v) is 8.64. The molecule has 0 saturated carbocycles. The standard InChI is InChI=1S/C41H56O4/c1-30(21-23-36-34(5)19-13-25-40(36,7)8)15-11-17-32(3)27-38(42)44-29-45-39(43)28-33(4)18-12-16-31(2)22-24-37-35(6)20-14-26-41(37,9)10/h11-12,15-18,21-24,27-28H,13-14,19-20,25-26,29H2,1-10H3. The van der Waals surface area contributed by atoms with Gasteiger partial charge in [-0.25, -0.2) is 9.59 Å². The molecule has 0 aromatic carbocycles. The van der Waals surface area contributed by atoms with Gasteiger partial charge >= 0.3 is 11.9 Å². The minimum absolute atomic E-state index is 0.216. The fraction of sp³-hybridized carbons (Fsp3) is 0.463. The van der Waals surface area contributed by atoms with Crippen molar-refractivity contribution in [3.63, 3.8) is 0 Å². The van der Waals surface area contributed by atoms with E-state index >= 15 is 0 Å². The summed E-state index contributed by atoms with van der Waals surface area (Å²) < 4.78 is 10.1. The zero-order valence-electron chi connectivity index (χ0n) is 29.5. The van der Waals surface area contributed by atoms with Crippen LogP contribution in [0.3, 0.4) is 0 Å². The average Bonchev–Trinajstić information content (AvgIpc) is 2.91. The van der Waals surface area contributed by atoms with Crippen LogP contribution < -0.4 is 0 Å². The second kappa shape index (κ2) is 17.7. The Morgan fingerprint density at radius 3 is 1.36 bits per heavy atom. The molecule has 0 aliphatic heterocycles. The molecule has 0 fully saturated rings. The predicted molar refractivity (Wildman–Crippen MR) is 189 cm³/mol. The molecule has 4 nitrogen and oxygen atoms in total. The Kier molecular flexibility index (Phi) is 14.8. The van der Waals surface area contributed by atoms with Gasteiger partial charge in [0.25, 0.3) is 0 Å². The minimum Gasteiger partial charge on any atom is -0.425 e. The molecule has 45 heavy (non-hydrogen) atoms. The predicted octanol–water partition coefficient (Wildman–Crippen LogP) is 11.1. The Balaban J connectivity index is 1.80. The zero-order valence-corrected chi connectivity index (χ0v) is 29.5. The van der Waals surface area contributed by atoms with Crippen molar-refractivity contribution < 1.29 is 19.1 Å². The van der Waals surface area contributed by atoms with Crippen LogP contribution in [-0.4, -0.2) is 18.7 Å². The molecule has 0 radical (unpaired) electrons. The van der Waals surface area contributed by atoms with Crippen molar-refractivity contribution in [1.29, 1.82) is 0 Å². The first-order valence-electron chi connectivity index (χ1n) is 16.3. The maximum atomic E-state index is 12.1. The maximum absolute atomic E-state index is 12.1. The van der Waals surface area contributed by atoms with Gasteiger partial charge in [-0.3, -0.25) is 0 Å². The Morgan fingerprint density at radius 2 is 1.00 bits per heavy atom. The summed E-state index contributed by atoms with van der Waals surface area (Å²) in [5.74, 6) is -1.13. The number of carbonyl (C=O) groups is 2. The molecule has 4 heteroatoms. The van der Waals surface area contributed by atoms with Crippen molar-refractivity contribution >= 4 is 11.9 Å². The van der Waals surface area contributed by atoms with Crippen LogP contribution in [-0.2, 0) is 19.1 Å². The molecule has 244 valence electrons. The van der Waals surface area contributed by atoms with Gasteiger partial charge in [0.05, 0.1) is 0 Å². The lowest BCUT2D eigenvalue weighted by Crippen LogP contribution is -2.19. The van der Waals surface area contributed by atoms with Gasteiger partial charge in [-0.1, -0.05) is 111 Å². The van der Waals surface area contributed by atoms with Gasteiger partial charge in [-0.05, 0) is 113 Å². The molecule has 0 aromatic heterocycles. The number of allylic oxidation sites excluding steroid dienone is 18. The second-order valence-electron chi connectivity index (χ2n) is 13.9. The molecule has 0 heterocycles. The number of esters is 2. The van der Waals surface area contributed by atoms with Crippen LogP contribution in [0.4, 0.5) is 0 Å². The Hall–Kier alpha value is -3.66. The molecule has 0 saturated heterocycles. The summed E-state index contributed by atoms with van der Waals surface area (Å²) in [5.41, 5.74) is 9.98. The third kappa shape index (κ3) is 13.5. The van der Waals surface area contributed by atoms with Crippen molar-refractivity contribution in [3.05, 3.63) is 117 Å². The van der Waals surface area contributed by atoms with Crippen LogP contribution >= 0.6 is 0 Å². The van der Waals surface area contributed by atoms with Gasteiger partial charge in [0.1, 0.15) is 0 Å². The number of hydrogen-bond acceptors (Lipinski definition) is 4. The number of rotatable bonds is 12. The monoisotopic (exact) mass is 612 g/mol. The third-order valence-electron chi connectivity index (χ3n) is 8.64. The topological polar surface area (TPSA) is 52.6 Å². The van der Waals surface area contributed by atoms with Crippen molar-refractivity contribution in [1.82, 2.24) is 0 Å². The Morgan fingerprint density at radius 1 is 0.622 bits per heavy atom. The maximum Gasteiger partial charge on any atom is 0.333 e. The van der Waals surface area contributed by atoms with Gasteiger partial charge in [0.2, 0.25) is 6.79 Å². The van der Waals surface area contributed by atoms with Crippen LogP contribution in [0, 0.1) is 10.8 Å². The van der Waals surface area contributed by atoms with E-state index in [-0.39, 0.29) is 10.8 Å². The molecule has 0 bridgehead atoms. The fourth-order valence-electron chi connectivity index (χ4n) is 5.96. The number of carbonyl (C=O) groups excluding carboxylic acids is 2. The lowest BCUT2D eigenvalue weighted by molar-refractivity contribution is -0.160. The van der Waals surface area contributed by atoms with E-state index in [1.807, 2.05) is 50.3 Å². The first-order valence-corrected chi connectivity index (χ1v) is 16.3. The molecule has 2 aliphatic carbocycles. The minimum atomic E-state index is -0.565. The smallest absolute Gasteiger partial charge is 0.333 e. The summed E-state index contributed by atoms with van der Waals surface area (Å²) in [4.78, 5) is 24.3. The molecule has 0 spiro atoms. The summed E-state index contributed by atoms with van der Waals surface area (Å²) >= 11 is 0. The largest absolute Gasteiger partial charge is 0.425 e. The molecule has 0 N–H and O–H groups in total. The molecule has 0 atom stereocenters. The normalized spacial score (nSPS) is 20.3. The molecule has 2 rings (SSSR count). The van der Waals surface area contributed by atoms with Gasteiger partial charge in [-0.2, -0.15) is 0 Å². The quantitative estimate of drug-likeness (QED) is 0.0952. The lowest BCUT2D eigenvalue weighted by Gasteiger charge is -2.33. The highest BCUT2D eigenvalue weighted by molar-refractivity contribution is 5.84. The van der Waals surface area contributed by atoms with Gasteiger partial charge in [-0.15, -0.1) is 0 Å². The zero-order chi connectivity index (χ0) is 33.6. The molecule has 0 aromatic rings. The fourth-order valence-corrected chi connectivity index (χ4v) is 5.96. The van der Waals surface area contributed by atoms with E-state index in [2.05, 4.69) is 79.7 Å². The molecule has 2 aliphatic rings. The van der Waals surface area contributed by atoms with Gasteiger partial charge in [0, 0.05) is 12.2 Å². The van der Waals surface area contributed by atoms with Crippen molar-refractivity contribution in [2.45, 2.75) is 108 Å². The van der Waals surface area contributed by atoms with Gasteiger partial charge in [0.15, 0.2) is 0 Å². The lowest BCUT2D eigenvalue weighted by atomic mass is 9.72. The van der Waals surface area contributed by atoms with E-state index < -0.39 is 18.7 Å². The van der Waals surface area contributed by atoms with E-state index in [0.29, 0.717) is 0 Å². The average molecular weight is 613 g/mol. The van der Waals surface area contributed by atoms with Crippen LogP contribution in [0.15, 0.2) is 117 Å². The first kappa shape index (κ1) is 37.5. The summed E-state index contributed by atoms with van der Waals surface area (Å²) in [6, 6.07) is 0. The van der Waals surface area contributed by atoms with E-state index in [0.717, 1.165) is 22.3 Å². The summed E-state index contributed by atoms with van der Waals surface area (Å²) in [7, 11) is 0. The molecular weight excluding hydrogens is 556 g/mol. The highest BCUT2D eigenvalue weighted by atomic mass is 16.7. The van der Waals surface area contributed by atoms with Crippen LogP contribution in [0.5, 0.6) is 0 Å². The van der Waals surface area contributed by atoms with E-state index in [9.17, 15) is 9.59 Å². The summed E-state index contributed by atoms with van der Waals surface area (Å²) in [6.07, 6.45) is 30.4. The van der Waals surface area contributed by atoms with Crippen molar-refractivity contribution in [2.24, 2.45) is 10.8 Å². The number of ether oxygens (including phenoxy) is 2. The first-order chi connectivity index (χ1) is 21.1. The second-order valence-corrected chi connectivity index (χ2v) is 13.9. The van der Waals surface area contributed by atoms with E-state index in [1.54, 1.807) is 0 Å². The highest BCUT2D eigenvalue weighted by Gasteiger charge is 2.27. The highest BCUT2D eigenvalue weighted by Crippen LogP contribution is 2.41. The Bertz CT molecular complexity index is 1280. The summed E-state index contributed by atoms with van der Waals surface area (Å²) in [6.45, 7) is 21.1. The molecule has 0 unspecified atom stereocenters. The number of hydrogen-bond donors (Lipinski definition) is 0. The van der Waals surface area contributed by atoms with E-state index in [4.69, 9.17) is 9.47 Å². The summed E-state index contributed by atoms with van der Waals surface area (Å²) in [5, 5.41) is 0. The van der Waals surface area contributed by atoms with Crippen molar-refractivity contribution in [3.8, 4) is 0 Å². The van der Waals surface area contributed by atoms with Crippen LogP contribution in [0.1, 0.15) is 108 Å².